The van der Waals surface area contributed by atoms with E-state index in [4.69, 9.17) is 4.74 Å². The first-order valence-electron chi connectivity index (χ1n) is 10.4. The van der Waals surface area contributed by atoms with Crippen molar-refractivity contribution in [1.29, 1.82) is 0 Å². The van der Waals surface area contributed by atoms with Gasteiger partial charge in [-0.3, -0.25) is 4.90 Å². The molecule has 4 nitrogen and oxygen atoms in total. The number of nitrogens with one attached hydrogen (secondary N) is 1. The van der Waals surface area contributed by atoms with Crippen molar-refractivity contribution < 1.29 is 9.13 Å². The summed E-state index contributed by atoms with van der Waals surface area (Å²) in [4.78, 5) is 10.3. The highest BCUT2D eigenvalue weighted by Gasteiger charge is 2.38. The third-order valence-corrected chi connectivity index (χ3v) is 6.35. The third-order valence-electron chi connectivity index (χ3n) is 6.35. The number of nitrogens with zero attached hydrogens (tertiary/aromatic N) is 2. The van der Waals surface area contributed by atoms with Crippen molar-refractivity contribution in [3.63, 3.8) is 0 Å². The number of H-pyrrole nitrogens is 1. The molecule has 2 aliphatic rings. The Labute approximate surface area is 174 Å². The van der Waals surface area contributed by atoms with Gasteiger partial charge < -0.3 is 9.72 Å². The molecule has 30 heavy (non-hydrogen) atoms. The Bertz CT molecular complexity index is 1220. The average molecular weight is 399 g/mol. The van der Waals surface area contributed by atoms with Crippen LogP contribution in [-0.4, -0.2) is 40.2 Å². The number of pyridine rings is 1. The molecule has 5 heteroatoms. The van der Waals surface area contributed by atoms with Gasteiger partial charge in [0.2, 0.25) is 0 Å². The van der Waals surface area contributed by atoms with E-state index in [9.17, 15) is 4.39 Å². The van der Waals surface area contributed by atoms with Crippen LogP contribution < -0.4 is 0 Å². The Kier molecular flexibility index (Phi) is 4.18. The SMILES string of the molecule is Fc1cccc(-c2c[nH]c3ncc(-c4ccc(CN5C[C@@H]6C[C@H]5CO6)cc4)cc23)c1. The van der Waals surface area contributed by atoms with Crippen molar-refractivity contribution in [2.75, 3.05) is 13.2 Å². The summed E-state index contributed by atoms with van der Waals surface area (Å²) in [7, 11) is 0. The molecule has 6 rings (SSSR count). The summed E-state index contributed by atoms with van der Waals surface area (Å²) < 4.78 is 19.4. The van der Waals surface area contributed by atoms with Crippen molar-refractivity contribution >= 4 is 11.0 Å². The second kappa shape index (κ2) is 7.04. The maximum absolute atomic E-state index is 13.7. The molecule has 2 aromatic carbocycles. The Morgan fingerprint density at radius 2 is 1.97 bits per heavy atom. The Balaban J connectivity index is 1.28. The van der Waals surface area contributed by atoms with Gasteiger partial charge in [-0.05, 0) is 41.3 Å². The fourth-order valence-electron chi connectivity index (χ4n) is 4.77. The van der Waals surface area contributed by atoms with E-state index >= 15 is 0 Å². The first kappa shape index (κ1) is 17.8. The Morgan fingerprint density at radius 1 is 1.07 bits per heavy atom. The van der Waals surface area contributed by atoms with Crippen LogP contribution in [-0.2, 0) is 11.3 Å². The number of aromatic amines is 1. The molecule has 0 saturated carbocycles. The summed E-state index contributed by atoms with van der Waals surface area (Å²) in [5.41, 5.74) is 6.12. The van der Waals surface area contributed by atoms with Gasteiger partial charge in [-0.2, -0.15) is 0 Å². The van der Waals surface area contributed by atoms with Gasteiger partial charge in [0.05, 0.1) is 12.7 Å². The maximum atomic E-state index is 13.7. The molecule has 4 heterocycles. The van der Waals surface area contributed by atoms with Crippen LogP contribution in [0.3, 0.4) is 0 Å². The molecule has 150 valence electrons. The van der Waals surface area contributed by atoms with Gasteiger partial charge in [0.15, 0.2) is 0 Å². The highest BCUT2D eigenvalue weighted by atomic mass is 19.1. The van der Waals surface area contributed by atoms with Gasteiger partial charge in [0, 0.05) is 48.0 Å². The molecule has 2 saturated heterocycles. The lowest BCUT2D eigenvalue weighted by atomic mass is 10.0. The molecule has 2 atom stereocenters. The number of benzene rings is 2. The molecule has 2 bridgehead atoms. The van der Waals surface area contributed by atoms with Crippen molar-refractivity contribution in [1.82, 2.24) is 14.9 Å². The van der Waals surface area contributed by atoms with Crippen molar-refractivity contribution in [3.8, 4) is 22.3 Å². The average Bonchev–Trinajstić information content (AvgIpc) is 3.49. The minimum Gasteiger partial charge on any atom is -0.375 e. The van der Waals surface area contributed by atoms with Gasteiger partial charge in [-0.25, -0.2) is 9.37 Å². The van der Waals surface area contributed by atoms with Gasteiger partial charge in [-0.15, -0.1) is 0 Å². The molecule has 1 N–H and O–H groups in total. The van der Waals surface area contributed by atoms with E-state index in [0.29, 0.717) is 12.1 Å². The predicted octanol–water partition coefficient (Wildman–Crippen LogP) is 5.01. The van der Waals surface area contributed by atoms with E-state index in [2.05, 4.69) is 45.2 Å². The molecular formula is C25H22FN3O. The van der Waals surface area contributed by atoms with E-state index in [1.165, 1.54) is 18.1 Å². The number of halogens is 1. The molecule has 0 amide bonds. The van der Waals surface area contributed by atoms with Gasteiger partial charge in [0.25, 0.3) is 0 Å². The molecule has 2 aliphatic heterocycles. The zero-order valence-electron chi connectivity index (χ0n) is 16.5. The van der Waals surface area contributed by atoms with Crippen LogP contribution in [0.2, 0.25) is 0 Å². The Hall–Kier alpha value is -3.02. The third kappa shape index (κ3) is 3.11. The van der Waals surface area contributed by atoms with E-state index in [1.54, 1.807) is 12.1 Å². The molecule has 0 unspecified atom stereocenters. The first-order chi connectivity index (χ1) is 14.7. The van der Waals surface area contributed by atoms with Crippen LogP contribution in [0.25, 0.3) is 33.3 Å². The summed E-state index contributed by atoms with van der Waals surface area (Å²) in [6.07, 6.45) is 5.39. The molecular weight excluding hydrogens is 377 g/mol. The summed E-state index contributed by atoms with van der Waals surface area (Å²) in [5, 5.41) is 0.996. The number of likely N-dealkylation sites (tertiary alicyclic amines) is 1. The van der Waals surface area contributed by atoms with Gasteiger partial charge in [-0.1, -0.05) is 36.4 Å². The number of morpholine rings is 1. The first-order valence-corrected chi connectivity index (χ1v) is 10.4. The zero-order chi connectivity index (χ0) is 20.1. The number of fused-ring (bicyclic) bond motifs is 3. The van der Waals surface area contributed by atoms with Crippen LogP contribution in [0.4, 0.5) is 4.39 Å². The van der Waals surface area contributed by atoms with Crippen LogP contribution in [0.15, 0.2) is 67.0 Å². The van der Waals surface area contributed by atoms with Crippen molar-refractivity contribution in [2.24, 2.45) is 0 Å². The molecule has 0 aliphatic carbocycles. The molecule has 2 fully saturated rings. The minimum absolute atomic E-state index is 0.237. The van der Waals surface area contributed by atoms with Crippen LogP contribution in [0.1, 0.15) is 12.0 Å². The topological polar surface area (TPSA) is 41.2 Å². The highest BCUT2D eigenvalue weighted by Crippen LogP contribution is 2.32. The second-order valence-electron chi connectivity index (χ2n) is 8.30. The number of rotatable bonds is 4. The van der Waals surface area contributed by atoms with Crippen molar-refractivity contribution in [3.05, 3.63) is 78.4 Å². The van der Waals surface area contributed by atoms with Crippen LogP contribution in [0.5, 0.6) is 0 Å². The predicted molar refractivity (Wildman–Crippen MR) is 115 cm³/mol. The lowest BCUT2D eigenvalue weighted by Crippen LogP contribution is -2.36. The standard InChI is InChI=1S/C25H22FN3O/c26-20-3-1-2-18(8-20)24-12-28-25-23(24)9-19(11-27-25)17-6-4-16(5-7-17)13-29-14-22-10-21(29)15-30-22/h1-9,11-12,21-22H,10,13-15H2,(H,27,28)/t21-,22-/m0/s1. The highest BCUT2D eigenvalue weighted by molar-refractivity contribution is 5.95. The normalized spacial score (nSPS) is 21.0. The summed E-state index contributed by atoms with van der Waals surface area (Å²) >= 11 is 0. The summed E-state index contributed by atoms with van der Waals surface area (Å²) in [5.74, 6) is -0.237. The largest absolute Gasteiger partial charge is 0.375 e. The van der Waals surface area contributed by atoms with Crippen molar-refractivity contribution in [2.45, 2.75) is 25.1 Å². The van der Waals surface area contributed by atoms with E-state index < -0.39 is 0 Å². The maximum Gasteiger partial charge on any atom is 0.137 e. The van der Waals surface area contributed by atoms with E-state index in [1.807, 2.05) is 18.5 Å². The zero-order valence-corrected chi connectivity index (χ0v) is 16.5. The summed E-state index contributed by atoms with van der Waals surface area (Å²) in [6.45, 7) is 2.89. The minimum atomic E-state index is -0.237. The molecule has 2 aromatic heterocycles. The number of hydrogen-bond acceptors (Lipinski definition) is 3. The van der Waals surface area contributed by atoms with Crippen LogP contribution in [0, 0.1) is 5.82 Å². The number of hydrogen-bond donors (Lipinski definition) is 1. The number of ether oxygens (including phenoxy) is 1. The van der Waals surface area contributed by atoms with Gasteiger partial charge >= 0.3 is 0 Å². The molecule has 4 aromatic rings. The monoisotopic (exact) mass is 399 g/mol. The smallest absolute Gasteiger partial charge is 0.137 e. The van der Waals surface area contributed by atoms with Crippen LogP contribution >= 0.6 is 0 Å². The fraction of sp³-hybridized carbons (Fsp3) is 0.240. The van der Waals surface area contributed by atoms with Gasteiger partial charge in [0.1, 0.15) is 11.5 Å². The molecule has 0 radical (unpaired) electrons. The van der Waals surface area contributed by atoms with E-state index in [0.717, 1.165) is 53.0 Å². The van der Waals surface area contributed by atoms with E-state index in [-0.39, 0.29) is 5.82 Å². The lowest BCUT2D eigenvalue weighted by molar-refractivity contribution is 0.0273. The second-order valence-corrected chi connectivity index (χ2v) is 8.30. The molecule has 0 spiro atoms. The summed E-state index contributed by atoms with van der Waals surface area (Å²) in [6, 6.07) is 18.1. The Morgan fingerprint density at radius 3 is 2.73 bits per heavy atom. The lowest BCUT2D eigenvalue weighted by Gasteiger charge is -2.26. The fourth-order valence-corrected chi connectivity index (χ4v) is 4.77. The number of aromatic nitrogens is 2. The quantitative estimate of drug-likeness (QED) is 0.525.